The molecule has 5 heteroatoms. The number of rotatable bonds is 6. The molecule has 0 fully saturated rings. The molecule has 2 aromatic rings. The molecular weight excluding hydrogens is 354 g/mol. The average Bonchev–Trinajstić information content (AvgIpc) is 2.63. The number of esters is 1. The number of carbonyl (C=O) groups is 2. The van der Waals surface area contributed by atoms with E-state index in [4.69, 9.17) is 9.47 Å². The van der Waals surface area contributed by atoms with Crippen LogP contribution in [0.25, 0.3) is 0 Å². The molecule has 0 aromatic heterocycles. The first-order valence-corrected chi connectivity index (χ1v) is 9.64. The van der Waals surface area contributed by atoms with Crippen LogP contribution in [-0.4, -0.2) is 18.7 Å². The number of aryl methyl sites for hydroxylation is 1. The van der Waals surface area contributed by atoms with Crippen LogP contribution in [0.3, 0.4) is 0 Å². The van der Waals surface area contributed by atoms with E-state index in [0.717, 1.165) is 18.4 Å². The van der Waals surface area contributed by atoms with E-state index >= 15 is 0 Å². The van der Waals surface area contributed by atoms with Crippen LogP contribution in [0, 0.1) is 0 Å². The van der Waals surface area contributed by atoms with Gasteiger partial charge in [0.05, 0.1) is 17.9 Å². The summed E-state index contributed by atoms with van der Waals surface area (Å²) in [7, 11) is 0. The van der Waals surface area contributed by atoms with Crippen LogP contribution in [0.1, 0.15) is 62.5 Å². The van der Waals surface area contributed by atoms with Gasteiger partial charge in [-0.25, -0.2) is 9.59 Å². The van der Waals surface area contributed by atoms with Crippen LogP contribution in [0.5, 0.6) is 5.75 Å². The molecule has 0 radical (unpaired) electrons. The number of ether oxygens (including phenoxy) is 2. The highest BCUT2D eigenvalue weighted by molar-refractivity contribution is 5.93. The Hall–Kier alpha value is -2.82. The quantitative estimate of drug-likeness (QED) is 0.511. The lowest BCUT2D eigenvalue weighted by Gasteiger charge is -2.21. The van der Waals surface area contributed by atoms with Crippen molar-refractivity contribution in [3.05, 3.63) is 59.2 Å². The third-order valence-electron chi connectivity index (χ3n) is 4.29. The number of anilines is 1. The molecular formula is C23H29NO4. The summed E-state index contributed by atoms with van der Waals surface area (Å²) in [6.07, 6.45) is 1.43. The second kappa shape index (κ2) is 9.40. The van der Waals surface area contributed by atoms with Gasteiger partial charge in [-0.15, -0.1) is 0 Å². The second-order valence-electron chi connectivity index (χ2n) is 7.64. The summed E-state index contributed by atoms with van der Waals surface area (Å²) in [5.41, 5.74) is 2.92. The lowest BCUT2D eigenvalue weighted by Crippen LogP contribution is -2.18. The average molecular weight is 383 g/mol. The number of carbonyl (C=O) groups excluding carboxylic acids is 2. The Morgan fingerprint density at radius 1 is 1.00 bits per heavy atom. The maximum absolute atomic E-state index is 12.6. The zero-order chi connectivity index (χ0) is 20.7. The standard InChI is InChI=1S/C23H29NO4/c1-6-8-16-9-11-17(12-10-16)21(25)28-20-14-13-18(23(3,4)5)15-19(20)24-22(26)27-7-2/h9-15H,6-8H2,1-5H3,(H,24,26). The predicted octanol–water partition coefficient (Wildman–Crippen LogP) is 5.72. The number of hydrogen-bond acceptors (Lipinski definition) is 4. The van der Waals surface area contributed by atoms with Gasteiger partial charge in [0, 0.05) is 0 Å². The fourth-order valence-corrected chi connectivity index (χ4v) is 2.72. The molecule has 0 saturated carbocycles. The summed E-state index contributed by atoms with van der Waals surface area (Å²) in [4.78, 5) is 24.5. The topological polar surface area (TPSA) is 64.6 Å². The molecule has 0 bridgehead atoms. The van der Waals surface area contributed by atoms with Crippen molar-refractivity contribution in [2.75, 3.05) is 11.9 Å². The van der Waals surface area contributed by atoms with Gasteiger partial charge < -0.3 is 9.47 Å². The maximum atomic E-state index is 12.6. The van der Waals surface area contributed by atoms with Crippen LogP contribution in [0.2, 0.25) is 0 Å². The first kappa shape index (κ1) is 21.5. The molecule has 0 aliphatic heterocycles. The Kier molecular flexibility index (Phi) is 7.21. The van der Waals surface area contributed by atoms with Gasteiger partial charge in [0.25, 0.3) is 0 Å². The summed E-state index contributed by atoms with van der Waals surface area (Å²) >= 11 is 0. The molecule has 0 unspecified atom stereocenters. The molecule has 2 rings (SSSR count). The number of benzene rings is 2. The molecule has 28 heavy (non-hydrogen) atoms. The largest absolute Gasteiger partial charge is 0.450 e. The maximum Gasteiger partial charge on any atom is 0.411 e. The Labute approximate surface area is 167 Å². The number of amides is 1. The number of nitrogens with one attached hydrogen (secondary N) is 1. The van der Waals surface area contributed by atoms with Crippen molar-refractivity contribution in [3.8, 4) is 5.75 Å². The highest BCUT2D eigenvalue weighted by Gasteiger charge is 2.19. The third-order valence-corrected chi connectivity index (χ3v) is 4.29. The summed E-state index contributed by atoms with van der Waals surface area (Å²) < 4.78 is 10.5. The third kappa shape index (κ3) is 5.84. The lowest BCUT2D eigenvalue weighted by atomic mass is 9.87. The van der Waals surface area contributed by atoms with E-state index < -0.39 is 12.1 Å². The van der Waals surface area contributed by atoms with E-state index in [0.29, 0.717) is 11.3 Å². The van der Waals surface area contributed by atoms with E-state index in [1.807, 2.05) is 24.3 Å². The van der Waals surface area contributed by atoms with Crippen molar-refractivity contribution in [1.29, 1.82) is 0 Å². The summed E-state index contributed by atoms with van der Waals surface area (Å²) in [6, 6.07) is 12.8. The minimum absolute atomic E-state index is 0.122. The molecule has 150 valence electrons. The van der Waals surface area contributed by atoms with E-state index in [2.05, 4.69) is 33.0 Å². The molecule has 0 saturated heterocycles. The van der Waals surface area contributed by atoms with E-state index in [1.54, 1.807) is 25.1 Å². The molecule has 0 aliphatic rings. The smallest absolute Gasteiger partial charge is 0.411 e. The molecule has 1 amide bonds. The van der Waals surface area contributed by atoms with Gasteiger partial charge in [0.1, 0.15) is 0 Å². The zero-order valence-electron chi connectivity index (χ0n) is 17.3. The van der Waals surface area contributed by atoms with E-state index in [-0.39, 0.29) is 17.8 Å². The molecule has 0 heterocycles. The second-order valence-corrected chi connectivity index (χ2v) is 7.64. The van der Waals surface area contributed by atoms with Crippen LogP contribution in [-0.2, 0) is 16.6 Å². The minimum atomic E-state index is -0.588. The lowest BCUT2D eigenvalue weighted by molar-refractivity contribution is 0.0735. The summed E-state index contributed by atoms with van der Waals surface area (Å²) in [5, 5.41) is 2.67. The van der Waals surface area contributed by atoms with Gasteiger partial charge in [-0.3, -0.25) is 5.32 Å². The Balaban J connectivity index is 2.27. The van der Waals surface area contributed by atoms with Gasteiger partial charge in [0.2, 0.25) is 0 Å². The van der Waals surface area contributed by atoms with Gasteiger partial charge >= 0.3 is 12.1 Å². The van der Waals surface area contributed by atoms with E-state index in [1.165, 1.54) is 5.56 Å². The normalized spacial score (nSPS) is 11.0. The predicted molar refractivity (Wildman–Crippen MR) is 111 cm³/mol. The summed E-state index contributed by atoms with van der Waals surface area (Å²) in [5.74, 6) is -0.192. The molecule has 5 nitrogen and oxygen atoms in total. The Bertz CT molecular complexity index is 819. The molecule has 1 N–H and O–H groups in total. The fraction of sp³-hybridized carbons (Fsp3) is 0.391. The van der Waals surface area contributed by atoms with Crippen molar-refractivity contribution in [2.24, 2.45) is 0 Å². The van der Waals surface area contributed by atoms with Crippen LogP contribution in [0.15, 0.2) is 42.5 Å². The van der Waals surface area contributed by atoms with Gasteiger partial charge in [-0.2, -0.15) is 0 Å². The van der Waals surface area contributed by atoms with Crippen molar-refractivity contribution in [2.45, 2.75) is 52.9 Å². The first-order valence-electron chi connectivity index (χ1n) is 9.64. The Morgan fingerprint density at radius 3 is 2.25 bits per heavy atom. The minimum Gasteiger partial charge on any atom is -0.450 e. The summed E-state index contributed by atoms with van der Waals surface area (Å²) in [6.45, 7) is 10.3. The number of hydrogen-bond donors (Lipinski definition) is 1. The van der Waals surface area contributed by atoms with Gasteiger partial charge in [-0.1, -0.05) is 52.3 Å². The molecule has 0 spiro atoms. The van der Waals surface area contributed by atoms with Gasteiger partial charge in [0.15, 0.2) is 5.75 Å². The monoisotopic (exact) mass is 383 g/mol. The molecule has 0 atom stereocenters. The highest BCUT2D eigenvalue weighted by Crippen LogP contribution is 2.32. The first-order chi connectivity index (χ1) is 13.2. The van der Waals surface area contributed by atoms with Gasteiger partial charge in [-0.05, 0) is 54.2 Å². The molecule has 0 aliphatic carbocycles. The fourth-order valence-electron chi connectivity index (χ4n) is 2.72. The van der Waals surface area contributed by atoms with Crippen molar-refractivity contribution < 1.29 is 19.1 Å². The molecule has 2 aromatic carbocycles. The Morgan fingerprint density at radius 2 is 1.68 bits per heavy atom. The van der Waals surface area contributed by atoms with Crippen molar-refractivity contribution in [1.82, 2.24) is 0 Å². The van der Waals surface area contributed by atoms with E-state index in [9.17, 15) is 9.59 Å². The zero-order valence-corrected chi connectivity index (χ0v) is 17.3. The highest BCUT2D eigenvalue weighted by atomic mass is 16.6. The SMILES string of the molecule is CCCc1ccc(C(=O)Oc2ccc(C(C)(C)C)cc2NC(=O)OCC)cc1. The van der Waals surface area contributed by atoms with Crippen LogP contribution in [0.4, 0.5) is 10.5 Å². The van der Waals surface area contributed by atoms with Crippen molar-refractivity contribution in [3.63, 3.8) is 0 Å². The van der Waals surface area contributed by atoms with Crippen LogP contribution < -0.4 is 10.1 Å². The van der Waals surface area contributed by atoms with Crippen molar-refractivity contribution >= 4 is 17.7 Å². The van der Waals surface area contributed by atoms with Crippen LogP contribution >= 0.6 is 0 Å².